The molecular weight excluding hydrogens is 284 g/mol. The van der Waals surface area contributed by atoms with Crippen LogP contribution >= 0.6 is 12.4 Å². The lowest BCUT2D eigenvalue weighted by molar-refractivity contribution is 0.161. The third-order valence-electron chi connectivity index (χ3n) is 4.67. The first kappa shape index (κ1) is 16.6. The van der Waals surface area contributed by atoms with Crippen LogP contribution in [0.3, 0.4) is 0 Å². The fraction of sp³-hybridized carbons (Fsp3) is 0.647. The van der Waals surface area contributed by atoms with E-state index in [2.05, 4.69) is 35.3 Å². The number of rotatable bonds is 6. The summed E-state index contributed by atoms with van der Waals surface area (Å²) in [5.41, 5.74) is 1.75. The lowest BCUT2D eigenvalue weighted by atomic mass is 9.89. The summed E-state index contributed by atoms with van der Waals surface area (Å²) in [5, 5.41) is 3.51. The Morgan fingerprint density at radius 1 is 1.33 bits per heavy atom. The van der Waals surface area contributed by atoms with E-state index in [1.807, 2.05) is 6.07 Å². The minimum atomic E-state index is 0. The van der Waals surface area contributed by atoms with Crippen LogP contribution in [-0.2, 0) is 6.54 Å². The molecule has 1 aromatic carbocycles. The van der Waals surface area contributed by atoms with Crippen LogP contribution in [0, 0.1) is 5.41 Å². The van der Waals surface area contributed by atoms with Crippen molar-refractivity contribution < 1.29 is 4.74 Å². The Hall–Kier alpha value is -0.770. The molecule has 1 unspecified atom stereocenters. The number of para-hydroxylation sites is 1. The zero-order valence-corrected chi connectivity index (χ0v) is 13.9. The number of benzene rings is 1. The molecule has 1 N–H and O–H groups in total. The number of halogens is 1. The number of nitrogens with one attached hydrogen (secondary N) is 1. The van der Waals surface area contributed by atoms with Crippen molar-refractivity contribution in [2.24, 2.45) is 5.41 Å². The van der Waals surface area contributed by atoms with E-state index in [0.717, 1.165) is 24.9 Å². The van der Waals surface area contributed by atoms with Gasteiger partial charge in [-0.3, -0.25) is 4.90 Å². The van der Waals surface area contributed by atoms with E-state index in [0.29, 0.717) is 5.41 Å². The molecule has 0 radical (unpaired) electrons. The van der Waals surface area contributed by atoms with Crippen LogP contribution in [-0.4, -0.2) is 37.7 Å². The molecular formula is C17H27ClN2O. The molecule has 1 aliphatic carbocycles. The Morgan fingerprint density at radius 2 is 2.10 bits per heavy atom. The Labute approximate surface area is 134 Å². The SMILES string of the molecule is COc1ccccc1CN(CC1(C)CCNC1)C1CC1.Cl. The smallest absolute Gasteiger partial charge is 0.123 e. The molecule has 2 aliphatic rings. The molecule has 1 heterocycles. The van der Waals surface area contributed by atoms with Gasteiger partial charge < -0.3 is 10.1 Å². The Balaban J connectivity index is 0.00000161. The average molecular weight is 311 g/mol. The summed E-state index contributed by atoms with van der Waals surface area (Å²) in [4.78, 5) is 2.67. The van der Waals surface area contributed by atoms with Crippen LogP contribution in [0.5, 0.6) is 5.75 Å². The fourth-order valence-electron chi connectivity index (χ4n) is 3.30. The highest BCUT2D eigenvalue weighted by molar-refractivity contribution is 5.85. The van der Waals surface area contributed by atoms with Crippen LogP contribution in [0.4, 0.5) is 0 Å². The Bertz CT molecular complexity index is 456. The third kappa shape index (κ3) is 4.12. The Kier molecular flexibility index (Phi) is 5.53. The first-order valence-electron chi connectivity index (χ1n) is 7.77. The van der Waals surface area contributed by atoms with Gasteiger partial charge in [-0.25, -0.2) is 0 Å². The second-order valence-corrected chi connectivity index (χ2v) is 6.69. The number of hydrogen-bond donors (Lipinski definition) is 1. The van der Waals surface area contributed by atoms with Crippen LogP contribution in [0.1, 0.15) is 31.7 Å². The molecule has 0 spiro atoms. The van der Waals surface area contributed by atoms with Gasteiger partial charge in [-0.15, -0.1) is 12.4 Å². The molecule has 21 heavy (non-hydrogen) atoms. The van der Waals surface area contributed by atoms with E-state index in [4.69, 9.17) is 4.74 Å². The van der Waals surface area contributed by atoms with Gasteiger partial charge in [0.15, 0.2) is 0 Å². The first-order valence-corrected chi connectivity index (χ1v) is 7.77. The Morgan fingerprint density at radius 3 is 2.71 bits per heavy atom. The zero-order chi connectivity index (χ0) is 14.0. The number of hydrogen-bond acceptors (Lipinski definition) is 3. The monoisotopic (exact) mass is 310 g/mol. The molecule has 0 aromatic heterocycles. The summed E-state index contributed by atoms with van der Waals surface area (Å²) < 4.78 is 5.50. The van der Waals surface area contributed by atoms with Crippen LogP contribution < -0.4 is 10.1 Å². The highest BCUT2D eigenvalue weighted by atomic mass is 35.5. The van der Waals surface area contributed by atoms with Gasteiger partial charge in [-0.05, 0) is 37.3 Å². The molecule has 3 rings (SSSR count). The van der Waals surface area contributed by atoms with Crippen molar-refractivity contribution >= 4 is 12.4 Å². The van der Waals surface area contributed by atoms with Gasteiger partial charge >= 0.3 is 0 Å². The summed E-state index contributed by atoms with van der Waals surface area (Å²) in [6, 6.07) is 9.22. The van der Waals surface area contributed by atoms with E-state index in [9.17, 15) is 0 Å². The lowest BCUT2D eigenvalue weighted by Crippen LogP contribution is -2.38. The molecule has 1 aromatic rings. The highest BCUT2D eigenvalue weighted by Gasteiger charge is 2.36. The van der Waals surface area contributed by atoms with Crippen LogP contribution in [0.15, 0.2) is 24.3 Å². The standard InChI is InChI=1S/C17H26N2O.ClH/c1-17(9-10-18-12-17)13-19(15-7-8-15)11-14-5-3-4-6-16(14)20-2;/h3-6,15,18H,7-13H2,1-2H3;1H. The van der Waals surface area contributed by atoms with E-state index in [1.54, 1.807) is 7.11 Å². The van der Waals surface area contributed by atoms with Gasteiger partial charge in [0.1, 0.15) is 5.75 Å². The first-order chi connectivity index (χ1) is 9.70. The fourth-order valence-corrected chi connectivity index (χ4v) is 3.30. The maximum Gasteiger partial charge on any atom is 0.123 e. The molecule has 1 saturated heterocycles. The van der Waals surface area contributed by atoms with Gasteiger partial charge in [0.05, 0.1) is 7.11 Å². The van der Waals surface area contributed by atoms with E-state index < -0.39 is 0 Å². The van der Waals surface area contributed by atoms with Crippen LogP contribution in [0.2, 0.25) is 0 Å². The second kappa shape index (κ2) is 6.99. The molecule has 3 nitrogen and oxygen atoms in total. The summed E-state index contributed by atoms with van der Waals surface area (Å²) >= 11 is 0. The average Bonchev–Trinajstić information content (AvgIpc) is 3.22. The zero-order valence-electron chi connectivity index (χ0n) is 13.1. The van der Waals surface area contributed by atoms with Gasteiger partial charge in [0, 0.05) is 31.2 Å². The van der Waals surface area contributed by atoms with E-state index >= 15 is 0 Å². The molecule has 4 heteroatoms. The minimum Gasteiger partial charge on any atom is -0.496 e. The molecule has 0 amide bonds. The van der Waals surface area contributed by atoms with Crippen molar-refractivity contribution in [2.75, 3.05) is 26.7 Å². The number of methoxy groups -OCH3 is 1. The summed E-state index contributed by atoms with van der Waals surface area (Å²) in [5.74, 6) is 1.02. The van der Waals surface area contributed by atoms with Crippen LogP contribution in [0.25, 0.3) is 0 Å². The highest BCUT2D eigenvalue weighted by Crippen LogP contribution is 2.35. The lowest BCUT2D eigenvalue weighted by Gasteiger charge is -2.32. The van der Waals surface area contributed by atoms with Crippen molar-refractivity contribution in [3.05, 3.63) is 29.8 Å². The van der Waals surface area contributed by atoms with Crippen molar-refractivity contribution in [3.63, 3.8) is 0 Å². The van der Waals surface area contributed by atoms with E-state index in [-0.39, 0.29) is 12.4 Å². The van der Waals surface area contributed by atoms with Gasteiger partial charge in [0.2, 0.25) is 0 Å². The minimum absolute atomic E-state index is 0. The second-order valence-electron chi connectivity index (χ2n) is 6.69. The third-order valence-corrected chi connectivity index (χ3v) is 4.67. The molecule has 118 valence electrons. The topological polar surface area (TPSA) is 24.5 Å². The van der Waals surface area contributed by atoms with Gasteiger partial charge in [-0.2, -0.15) is 0 Å². The predicted molar refractivity (Wildman–Crippen MR) is 89.3 cm³/mol. The van der Waals surface area contributed by atoms with Crippen molar-refractivity contribution in [2.45, 2.75) is 38.8 Å². The normalized spacial score (nSPS) is 24.9. The van der Waals surface area contributed by atoms with E-state index in [1.165, 1.54) is 37.9 Å². The summed E-state index contributed by atoms with van der Waals surface area (Å²) in [6.07, 6.45) is 4.01. The molecule has 1 atom stereocenters. The summed E-state index contributed by atoms with van der Waals surface area (Å²) in [6.45, 7) is 6.96. The molecule has 1 saturated carbocycles. The largest absolute Gasteiger partial charge is 0.496 e. The van der Waals surface area contributed by atoms with Crippen molar-refractivity contribution in [1.29, 1.82) is 0 Å². The maximum absolute atomic E-state index is 5.50. The number of ether oxygens (including phenoxy) is 1. The predicted octanol–water partition coefficient (Wildman–Crippen LogP) is 3.08. The maximum atomic E-state index is 5.50. The van der Waals surface area contributed by atoms with Crippen molar-refractivity contribution in [1.82, 2.24) is 10.2 Å². The molecule has 2 fully saturated rings. The van der Waals surface area contributed by atoms with Crippen molar-refractivity contribution in [3.8, 4) is 5.75 Å². The van der Waals surface area contributed by atoms with Gasteiger partial charge in [-0.1, -0.05) is 25.1 Å². The van der Waals surface area contributed by atoms with Gasteiger partial charge in [0.25, 0.3) is 0 Å². The number of nitrogens with zero attached hydrogens (tertiary/aromatic N) is 1. The molecule has 0 bridgehead atoms. The quantitative estimate of drug-likeness (QED) is 0.874. The molecule has 1 aliphatic heterocycles. The summed E-state index contributed by atoms with van der Waals surface area (Å²) in [7, 11) is 1.77.